The van der Waals surface area contributed by atoms with Gasteiger partial charge >= 0.3 is 0 Å². The summed E-state index contributed by atoms with van der Waals surface area (Å²) >= 11 is 6.01. The number of halogens is 1. The number of nitrogens with zero attached hydrogens (tertiary/aromatic N) is 3. The van der Waals surface area contributed by atoms with Gasteiger partial charge < -0.3 is 20.3 Å². The van der Waals surface area contributed by atoms with Gasteiger partial charge in [-0.15, -0.1) is 0 Å². The molecular formula is C22H26ClN5O2. The third-order valence-electron chi connectivity index (χ3n) is 4.38. The van der Waals surface area contributed by atoms with Gasteiger partial charge in [0.1, 0.15) is 0 Å². The van der Waals surface area contributed by atoms with Crippen molar-refractivity contribution in [1.29, 1.82) is 0 Å². The Morgan fingerprint density at radius 1 is 1.17 bits per heavy atom. The maximum atomic E-state index is 10.3. The van der Waals surface area contributed by atoms with Crippen molar-refractivity contribution < 1.29 is 9.63 Å². The smallest absolute Gasteiger partial charge is 0.228 e. The number of hydrogen-bond donors (Lipinski definition) is 3. The van der Waals surface area contributed by atoms with Crippen LogP contribution in [0.2, 0.25) is 5.02 Å². The van der Waals surface area contributed by atoms with Crippen molar-refractivity contribution in [3.8, 4) is 11.4 Å². The van der Waals surface area contributed by atoms with E-state index in [-0.39, 0.29) is 0 Å². The lowest BCUT2D eigenvalue weighted by Gasteiger charge is -2.12. The van der Waals surface area contributed by atoms with Gasteiger partial charge in [0, 0.05) is 36.6 Å². The zero-order chi connectivity index (χ0) is 21.2. The van der Waals surface area contributed by atoms with Gasteiger partial charge in [0.2, 0.25) is 11.7 Å². The monoisotopic (exact) mass is 427 g/mol. The molecule has 1 aromatic heterocycles. The van der Waals surface area contributed by atoms with E-state index in [0.717, 1.165) is 17.7 Å². The lowest BCUT2D eigenvalue weighted by Crippen LogP contribution is -2.38. The molecule has 0 aliphatic carbocycles. The lowest BCUT2D eigenvalue weighted by atomic mass is 10.1. The summed E-state index contributed by atoms with van der Waals surface area (Å²) in [7, 11) is 0. The lowest BCUT2D eigenvalue weighted by molar-refractivity contribution is 0.170. The first kappa shape index (κ1) is 21.8. The Balaban J connectivity index is 1.48. The van der Waals surface area contributed by atoms with E-state index >= 15 is 0 Å². The number of aliphatic imine (C=N–C) groups is 1. The van der Waals surface area contributed by atoms with Crippen LogP contribution in [0.25, 0.3) is 11.4 Å². The van der Waals surface area contributed by atoms with Crippen molar-refractivity contribution in [3.63, 3.8) is 0 Å². The molecule has 0 spiro atoms. The number of benzene rings is 2. The van der Waals surface area contributed by atoms with Crippen LogP contribution in [-0.4, -0.2) is 40.8 Å². The number of rotatable bonds is 9. The van der Waals surface area contributed by atoms with Gasteiger partial charge in [-0.2, -0.15) is 4.98 Å². The summed E-state index contributed by atoms with van der Waals surface area (Å²) in [6.07, 6.45) is 0.582. The van der Waals surface area contributed by atoms with Crippen molar-refractivity contribution in [1.82, 2.24) is 20.8 Å². The summed E-state index contributed by atoms with van der Waals surface area (Å²) < 4.78 is 5.32. The highest BCUT2D eigenvalue weighted by atomic mass is 35.5. The average Bonchev–Trinajstić information content (AvgIpc) is 3.23. The molecule has 30 heavy (non-hydrogen) atoms. The second-order valence-electron chi connectivity index (χ2n) is 6.67. The Hall–Kier alpha value is -2.90. The molecule has 0 aliphatic rings. The largest absolute Gasteiger partial charge is 0.388 e. The Labute approximate surface area is 181 Å². The van der Waals surface area contributed by atoms with Crippen LogP contribution in [0.15, 0.2) is 64.1 Å². The fourth-order valence-electron chi connectivity index (χ4n) is 2.87. The third kappa shape index (κ3) is 6.57. The molecule has 0 aliphatic heterocycles. The fourth-order valence-corrected chi connectivity index (χ4v) is 3.06. The standard InChI is InChI=1S/C22H26ClN5O2/c1-2-24-22(25-13-11-19(29)16-7-4-3-5-8-16)26-14-12-20-27-21(28-30-20)17-9-6-10-18(23)15-17/h3-10,15,19,29H,2,11-14H2,1H3,(H2,24,25,26). The minimum atomic E-state index is -0.527. The normalized spacial score (nSPS) is 12.6. The summed E-state index contributed by atoms with van der Waals surface area (Å²) in [6.45, 7) is 3.84. The first-order chi connectivity index (χ1) is 14.7. The molecular weight excluding hydrogens is 402 g/mol. The Bertz CT molecular complexity index is 945. The molecule has 0 radical (unpaired) electrons. The van der Waals surface area contributed by atoms with Gasteiger partial charge in [-0.1, -0.05) is 59.2 Å². The summed E-state index contributed by atoms with van der Waals surface area (Å²) in [6, 6.07) is 16.9. The molecule has 1 unspecified atom stereocenters. The fraction of sp³-hybridized carbons (Fsp3) is 0.318. The summed E-state index contributed by atoms with van der Waals surface area (Å²) in [4.78, 5) is 8.94. The first-order valence-electron chi connectivity index (χ1n) is 9.99. The topological polar surface area (TPSA) is 95.6 Å². The van der Waals surface area contributed by atoms with E-state index in [1.165, 1.54) is 0 Å². The summed E-state index contributed by atoms with van der Waals surface area (Å²) in [5.41, 5.74) is 1.72. The molecule has 7 nitrogen and oxygen atoms in total. The highest BCUT2D eigenvalue weighted by Crippen LogP contribution is 2.20. The highest BCUT2D eigenvalue weighted by molar-refractivity contribution is 6.30. The van der Waals surface area contributed by atoms with Crippen molar-refractivity contribution in [2.45, 2.75) is 25.9 Å². The Kier molecular flexibility index (Phi) is 8.23. The van der Waals surface area contributed by atoms with Crippen LogP contribution in [0.4, 0.5) is 0 Å². The zero-order valence-electron chi connectivity index (χ0n) is 16.9. The second-order valence-corrected chi connectivity index (χ2v) is 7.11. The third-order valence-corrected chi connectivity index (χ3v) is 4.62. The van der Waals surface area contributed by atoms with E-state index in [9.17, 15) is 5.11 Å². The number of aromatic nitrogens is 2. The molecule has 0 saturated carbocycles. The molecule has 1 atom stereocenters. The molecule has 3 N–H and O–H groups in total. The number of nitrogens with one attached hydrogen (secondary N) is 2. The van der Waals surface area contributed by atoms with Gasteiger partial charge in [-0.25, -0.2) is 0 Å². The van der Waals surface area contributed by atoms with E-state index in [2.05, 4.69) is 25.8 Å². The van der Waals surface area contributed by atoms with E-state index in [1.807, 2.05) is 49.4 Å². The minimum Gasteiger partial charge on any atom is -0.388 e. The van der Waals surface area contributed by atoms with E-state index in [1.54, 1.807) is 12.1 Å². The van der Waals surface area contributed by atoms with E-state index in [4.69, 9.17) is 16.1 Å². The zero-order valence-corrected chi connectivity index (χ0v) is 17.6. The number of aliphatic hydroxyl groups is 1. The van der Waals surface area contributed by atoms with Crippen molar-refractivity contribution in [2.75, 3.05) is 19.6 Å². The minimum absolute atomic E-state index is 0.505. The van der Waals surface area contributed by atoms with Gasteiger partial charge in [-0.3, -0.25) is 4.99 Å². The summed E-state index contributed by atoms with van der Waals surface area (Å²) in [5, 5.41) is 21.3. The van der Waals surface area contributed by atoms with Crippen LogP contribution in [0.1, 0.15) is 30.9 Å². The molecule has 0 amide bonds. The van der Waals surface area contributed by atoms with Gasteiger partial charge in [-0.05, 0) is 31.0 Å². The number of guanidine groups is 1. The molecule has 8 heteroatoms. The molecule has 158 valence electrons. The van der Waals surface area contributed by atoms with Gasteiger partial charge in [0.05, 0.1) is 6.10 Å². The maximum Gasteiger partial charge on any atom is 0.228 e. The highest BCUT2D eigenvalue weighted by Gasteiger charge is 2.10. The van der Waals surface area contributed by atoms with Crippen LogP contribution < -0.4 is 10.6 Å². The quantitative estimate of drug-likeness (QED) is 0.356. The number of aliphatic hydroxyl groups excluding tert-OH is 1. The molecule has 1 heterocycles. The van der Waals surface area contributed by atoms with Crippen LogP contribution in [-0.2, 0) is 6.42 Å². The van der Waals surface area contributed by atoms with Crippen LogP contribution in [0, 0.1) is 0 Å². The van der Waals surface area contributed by atoms with Crippen molar-refractivity contribution >= 4 is 17.6 Å². The average molecular weight is 428 g/mol. The van der Waals surface area contributed by atoms with E-state index < -0.39 is 6.10 Å². The van der Waals surface area contributed by atoms with Gasteiger partial charge in [0.15, 0.2) is 5.96 Å². The van der Waals surface area contributed by atoms with Crippen molar-refractivity contribution in [2.24, 2.45) is 4.99 Å². The van der Waals surface area contributed by atoms with Crippen LogP contribution >= 0.6 is 11.6 Å². The van der Waals surface area contributed by atoms with Crippen LogP contribution in [0.3, 0.4) is 0 Å². The molecule has 0 bridgehead atoms. The SMILES string of the molecule is CCNC(=NCCC(O)c1ccccc1)NCCc1nc(-c2cccc(Cl)c2)no1. The molecule has 3 aromatic rings. The summed E-state index contributed by atoms with van der Waals surface area (Å²) in [5.74, 6) is 1.74. The second kappa shape index (κ2) is 11.3. The molecule has 0 fully saturated rings. The Morgan fingerprint density at radius 3 is 2.77 bits per heavy atom. The maximum absolute atomic E-state index is 10.3. The molecule has 0 saturated heterocycles. The van der Waals surface area contributed by atoms with Crippen LogP contribution in [0.5, 0.6) is 0 Å². The number of hydrogen-bond acceptors (Lipinski definition) is 5. The Morgan fingerprint density at radius 2 is 2.00 bits per heavy atom. The molecule has 2 aromatic carbocycles. The predicted molar refractivity (Wildman–Crippen MR) is 118 cm³/mol. The first-order valence-corrected chi connectivity index (χ1v) is 10.4. The predicted octanol–water partition coefficient (Wildman–Crippen LogP) is 3.61. The molecule has 3 rings (SSSR count). The van der Waals surface area contributed by atoms with E-state index in [0.29, 0.717) is 48.6 Å². The van der Waals surface area contributed by atoms with Gasteiger partial charge in [0.25, 0.3) is 0 Å². The van der Waals surface area contributed by atoms with Crippen molar-refractivity contribution in [3.05, 3.63) is 71.1 Å².